The van der Waals surface area contributed by atoms with E-state index in [9.17, 15) is 4.79 Å². The molecular formula is C12H15BrN2O. The molecule has 1 heterocycles. The van der Waals surface area contributed by atoms with Gasteiger partial charge in [0, 0.05) is 23.3 Å². The van der Waals surface area contributed by atoms with Crippen molar-refractivity contribution in [1.82, 2.24) is 10.3 Å². The first-order chi connectivity index (χ1) is 7.63. The smallest absolute Gasteiger partial charge is 0.220 e. The van der Waals surface area contributed by atoms with E-state index >= 15 is 0 Å². The molecule has 1 aromatic rings. The number of amides is 1. The lowest BCUT2D eigenvalue weighted by molar-refractivity contribution is -0.121. The van der Waals surface area contributed by atoms with Crippen molar-refractivity contribution < 1.29 is 4.79 Å². The Morgan fingerprint density at radius 1 is 1.62 bits per heavy atom. The van der Waals surface area contributed by atoms with Crippen LogP contribution in [0.25, 0.3) is 0 Å². The quantitative estimate of drug-likeness (QED) is 0.906. The third-order valence-electron chi connectivity index (χ3n) is 3.11. The zero-order valence-electron chi connectivity index (χ0n) is 9.46. The van der Waals surface area contributed by atoms with Crippen LogP contribution in [0.2, 0.25) is 0 Å². The van der Waals surface area contributed by atoms with Crippen LogP contribution in [0.1, 0.15) is 37.4 Å². The van der Waals surface area contributed by atoms with E-state index in [1.54, 1.807) is 0 Å². The molecule has 2 unspecified atom stereocenters. The van der Waals surface area contributed by atoms with Crippen LogP contribution in [0.4, 0.5) is 0 Å². The van der Waals surface area contributed by atoms with Gasteiger partial charge in [-0.1, -0.05) is 13.8 Å². The van der Waals surface area contributed by atoms with Gasteiger partial charge in [-0.25, -0.2) is 0 Å². The Morgan fingerprint density at radius 3 is 3.06 bits per heavy atom. The summed E-state index contributed by atoms with van der Waals surface area (Å²) in [5.74, 6) is 0.538. The number of pyridine rings is 1. The maximum Gasteiger partial charge on any atom is 0.220 e. The first kappa shape index (κ1) is 11.6. The largest absolute Gasteiger partial charge is 0.349 e. The van der Waals surface area contributed by atoms with E-state index in [-0.39, 0.29) is 11.9 Å². The molecule has 0 bridgehead atoms. The van der Waals surface area contributed by atoms with Gasteiger partial charge in [0.05, 0.1) is 6.04 Å². The Labute approximate surface area is 104 Å². The molecule has 86 valence electrons. The summed E-state index contributed by atoms with van der Waals surface area (Å²) < 4.78 is 1.05. The van der Waals surface area contributed by atoms with Crippen LogP contribution in [-0.4, -0.2) is 10.9 Å². The normalized spacial score (nSPS) is 22.9. The summed E-state index contributed by atoms with van der Waals surface area (Å²) >= 11 is 3.51. The predicted molar refractivity (Wildman–Crippen MR) is 66.0 cm³/mol. The minimum absolute atomic E-state index is 0.102. The Bertz CT molecular complexity index is 419. The molecule has 3 nitrogen and oxygen atoms in total. The Hall–Kier alpha value is -0.900. The average Bonchev–Trinajstić information content (AvgIpc) is 2.58. The zero-order chi connectivity index (χ0) is 11.7. The molecule has 2 atom stereocenters. The summed E-state index contributed by atoms with van der Waals surface area (Å²) in [4.78, 5) is 15.6. The average molecular weight is 283 g/mol. The summed E-state index contributed by atoms with van der Waals surface area (Å²) in [6, 6.07) is 0.118. The monoisotopic (exact) mass is 282 g/mol. The van der Waals surface area contributed by atoms with Crippen LogP contribution in [-0.2, 0) is 11.2 Å². The van der Waals surface area contributed by atoms with Crippen LogP contribution in [0.3, 0.4) is 0 Å². The van der Waals surface area contributed by atoms with E-state index in [1.807, 2.05) is 19.3 Å². The number of hydrogen-bond acceptors (Lipinski definition) is 2. The fourth-order valence-electron chi connectivity index (χ4n) is 2.20. The first-order valence-corrected chi connectivity index (χ1v) is 6.34. The lowest BCUT2D eigenvalue weighted by atomic mass is 10.0. The number of aromatic nitrogens is 1. The first-order valence-electron chi connectivity index (χ1n) is 5.55. The van der Waals surface area contributed by atoms with E-state index in [0.717, 1.165) is 16.5 Å². The molecule has 0 fully saturated rings. The van der Waals surface area contributed by atoms with Crippen molar-refractivity contribution in [2.75, 3.05) is 0 Å². The standard InChI is InChI=1S/C12H15BrN2O/c1-3-11(16)15-12-7(2)4-8-9(12)5-14-6-10(8)13/h5-7,12H,3-4H2,1-2H3,(H,15,16). The van der Waals surface area contributed by atoms with Crippen LogP contribution in [0, 0.1) is 5.92 Å². The van der Waals surface area contributed by atoms with Gasteiger partial charge in [-0.05, 0) is 39.4 Å². The van der Waals surface area contributed by atoms with E-state index in [1.165, 1.54) is 5.56 Å². The summed E-state index contributed by atoms with van der Waals surface area (Å²) in [5.41, 5.74) is 2.44. The highest BCUT2D eigenvalue weighted by atomic mass is 79.9. The highest BCUT2D eigenvalue weighted by molar-refractivity contribution is 9.10. The van der Waals surface area contributed by atoms with E-state index in [4.69, 9.17) is 0 Å². The third-order valence-corrected chi connectivity index (χ3v) is 3.79. The van der Waals surface area contributed by atoms with Gasteiger partial charge in [-0.2, -0.15) is 0 Å². The topological polar surface area (TPSA) is 42.0 Å². The van der Waals surface area contributed by atoms with Gasteiger partial charge < -0.3 is 5.32 Å². The molecule has 4 heteroatoms. The highest BCUT2D eigenvalue weighted by Gasteiger charge is 2.31. The van der Waals surface area contributed by atoms with Gasteiger partial charge in [0.2, 0.25) is 5.91 Å². The van der Waals surface area contributed by atoms with Crippen molar-refractivity contribution in [2.24, 2.45) is 5.92 Å². The van der Waals surface area contributed by atoms with Crippen molar-refractivity contribution in [3.63, 3.8) is 0 Å². The van der Waals surface area contributed by atoms with Gasteiger partial charge in [0.15, 0.2) is 0 Å². The number of carbonyl (C=O) groups excluding carboxylic acids is 1. The molecule has 1 N–H and O–H groups in total. The predicted octanol–water partition coefficient (Wildman–Crippen LogP) is 2.60. The summed E-state index contributed by atoms with van der Waals surface area (Å²) in [7, 11) is 0. The van der Waals surface area contributed by atoms with E-state index in [2.05, 4.69) is 33.2 Å². The SMILES string of the molecule is CCC(=O)NC1c2cncc(Br)c2CC1C. The number of nitrogens with one attached hydrogen (secondary N) is 1. The van der Waals surface area contributed by atoms with Gasteiger partial charge in [-0.3, -0.25) is 9.78 Å². The van der Waals surface area contributed by atoms with Crippen LogP contribution in [0.5, 0.6) is 0 Å². The van der Waals surface area contributed by atoms with Crippen molar-refractivity contribution >= 4 is 21.8 Å². The van der Waals surface area contributed by atoms with Crippen LogP contribution >= 0.6 is 15.9 Å². The summed E-state index contributed by atoms with van der Waals surface area (Å²) in [6.45, 7) is 4.03. The van der Waals surface area contributed by atoms with Crippen molar-refractivity contribution in [1.29, 1.82) is 0 Å². The van der Waals surface area contributed by atoms with Crippen molar-refractivity contribution in [3.8, 4) is 0 Å². The zero-order valence-corrected chi connectivity index (χ0v) is 11.0. The molecule has 0 spiro atoms. The molecule has 16 heavy (non-hydrogen) atoms. The molecule has 1 amide bonds. The Balaban J connectivity index is 2.29. The molecule has 0 saturated heterocycles. The molecule has 1 aliphatic carbocycles. The fourth-order valence-corrected chi connectivity index (χ4v) is 2.71. The summed E-state index contributed by atoms with van der Waals surface area (Å²) in [5, 5.41) is 3.06. The van der Waals surface area contributed by atoms with Gasteiger partial charge in [0.1, 0.15) is 0 Å². The maximum atomic E-state index is 11.5. The number of fused-ring (bicyclic) bond motifs is 1. The second-order valence-electron chi connectivity index (χ2n) is 4.27. The lowest BCUT2D eigenvalue weighted by Crippen LogP contribution is -2.29. The molecule has 2 rings (SSSR count). The van der Waals surface area contributed by atoms with E-state index < -0.39 is 0 Å². The minimum Gasteiger partial charge on any atom is -0.349 e. The number of halogens is 1. The third kappa shape index (κ3) is 1.98. The van der Waals surface area contributed by atoms with Crippen molar-refractivity contribution in [3.05, 3.63) is 28.0 Å². The Kier molecular flexibility index (Phi) is 3.28. The second kappa shape index (κ2) is 4.53. The molecule has 0 aliphatic heterocycles. The second-order valence-corrected chi connectivity index (χ2v) is 5.12. The fraction of sp³-hybridized carbons (Fsp3) is 0.500. The van der Waals surface area contributed by atoms with Gasteiger partial charge in [-0.15, -0.1) is 0 Å². The lowest BCUT2D eigenvalue weighted by Gasteiger charge is -2.17. The minimum atomic E-state index is 0.102. The van der Waals surface area contributed by atoms with Crippen LogP contribution < -0.4 is 5.32 Å². The van der Waals surface area contributed by atoms with Gasteiger partial charge in [0.25, 0.3) is 0 Å². The highest BCUT2D eigenvalue weighted by Crippen LogP contribution is 2.38. The summed E-state index contributed by atoms with van der Waals surface area (Å²) in [6.07, 6.45) is 5.20. The molecule has 0 aromatic carbocycles. The maximum absolute atomic E-state index is 11.5. The Morgan fingerprint density at radius 2 is 2.38 bits per heavy atom. The molecule has 0 radical (unpaired) electrons. The van der Waals surface area contributed by atoms with E-state index in [0.29, 0.717) is 12.3 Å². The van der Waals surface area contributed by atoms with Crippen molar-refractivity contribution in [2.45, 2.75) is 32.7 Å². The number of carbonyl (C=O) groups is 1. The number of nitrogens with zero attached hydrogens (tertiary/aromatic N) is 1. The van der Waals surface area contributed by atoms with Crippen LogP contribution in [0.15, 0.2) is 16.9 Å². The number of rotatable bonds is 2. The number of hydrogen-bond donors (Lipinski definition) is 1. The molecule has 1 aromatic heterocycles. The van der Waals surface area contributed by atoms with Gasteiger partial charge >= 0.3 is 0 Å². The molecular weight excluding hydrogens is 268 g/mol. The molecule has 1 aliphatic rings. The molecule has 0 saturated carbocycles.